The lowest BCUT2D eigenvalue weighted by Gasteiger charge is -2.33. The molecule has 2 rings (SSSR count). The van der Waals surface area contributed by atoms with Crippen LogP contribution in [0.1, 0.15) is 19.3 Å². The molecule has 1 saturated heterocycles. The van der Waals surface area contributed by atoms with Crippen molar-refractivity contribution in [2.24, 2.45) is 0 Å². The quantitative estimate of drug-likeness (QED) is 0.926. The Bertz CT molecular complexity index is 348. The lowest BCUT2D eigenvalue weighted by molar-refractivity contribution is 0.0612. The maximum Gasteiger partial charge on any atom is 0.319 e. The second-order valence-electron chi connectivity index (χ2n) is 4.05. The average molecular weight is 303 g/mol. The average Bonchev–Trinajstić information content (AvgIpc) is 2.69. The standard InChI is InChI=1S/C10H16F2N4.2ClH/c1-8-6-13-2-4-15(8)7-9-14-3-5-16(9)10(11)12;;/h3,5,8,10,13H,2,4,6-7H2,1H3;2*1H/t8-;;/m1../s1. The Labute approximate surface area is 118 Å². The molecule has 0 unspecified atom stereocenters. The lowest BCUT2D eigenvalue weighted by atomic mass is 10.2. The van der Waals surface area contributed by atoms with Crippen LogP contribution in [0.2, 0.25) is 0 Å². The summed E-state index contributed by atoms with van der Waals surface area (Å²) in [5, 5.41) is 3.26. The number of alkyl halides is 2. The van der Waals surface area contributed by atoms with Crippen molar-refractivity contribution in [3.8, 4) is 0 Å². The molecule has 0 bridgehead atoms. The van der Waals surface area contributed by atoms with Gasteiger partial charge in [-0.25, -0.2) is 4.98 Å². The Balaban J connectivity index is 0.00000144. The fourth-order valence-electron chi connectivity index (χ4n) is 1.94. The van der Waals surface area contributed by atoms with Gasteiger partial charge in [-0.05, 0) is 6.92 Å². The first-order valence-electron chi connectivity index (χ1n) is 5.43. The topological polar surface area (TPSA) is 33.1 Å². The van der Waals surface area contributed by atoms with E-state index in [4.69, 9.17) is 0 Å². The highest BCUT2D eigenvalue weighted by Crippen LogP contribution is 2.15. The number of nitrogens with zero attached hydrogens (tertiary/aromatic N) is 3. The summed E-state index contributed by atoms with van der Waals surface area (Å²) in [7, 11) is 0. The van der Waals surface area contributed by atoms with Crippen molar-refractivity contribution < 1.29 is 8.78 Å². The molecule has 0 spiro atoms. The third kappa shape index (κ3) is 4.05. The van der Waals surface area contributed by atoms with Crippen LogP contribution in [0.4, 0.5) is 8.78 Å². The molecule has 0 amide bonds. The van der Waals surface area contributed by atoms with Crippen molar-refractivity contribution >= 4 is 24.8 Å². The van der Waals surface area contributed by atoms with E-state index in [0.29, 0.717) is 18.4 Å². The third-order valence-electron chi connectivity index (χ3n) is 2.94. The molecule has 0 radical (unpaired) electrons. The van der Waals surface area contributed by atoms with Gasteiger partial charge in [0, 0.05) is 38.1 Å². The second kappa shape index (κ2) is 7.89. The molecule has 0 aliphatic carbocycles. The maximum atomic E-state index is 12.6. The summed E-state index contributed by atoms with van der Waals surface area (Å²) >= 11 is 0. The highest BCUT2D eigenvalue weighted by Gasteiger charge is 2.21. The maximum absolute atomic E-state index is 12.6. The van der Waals surface area contributed by atoms with Crippen LogP contribution in [-0.4, -0.2) is 40.1 Å². The van der Waals surface area contributed by atoms with Gasteiger partial charge < -0.3 is 5.32 Å². The fraction of sp³-hybridized carbons (Fsp3) is 0.700. The van der Waals surface area contributed by atoms with Gasteiger partial charge in [-0.1, -0.05) is 0 Å². The number of halogens is 4. The molecule has 1 aliphatic rings. The molecule has 2 heterocycles. The molecule has 106 valence electrons. The molecule has 1 atom stereocenters. The van der Waals surface area contributed by atoms with Gasteiger partial charge in [-0.2, -0.15) is 8.78 Å². The van der Waals surface area contributed by atoms with Gasteiger partial charge in [0.1, 0.15) is 5.82 Å². The summed E-state index contributed by atoms with van der Waals surface area (Å²) in [6.45, 7) is 2.74. The minimum atomic E-state index is -2.50. The van der Waals surface area contributed by atoms with E-state index in [9.17, 15) is 8.78 Å². The second-order valence-corrected chi connectivity index (χ2v) is 4.05. The molecule has 0 aromatic carbocycles. The van der Waals surface area contributed by atoms with Crippen LogP contribution in [0, 0.1) is 0 Å². The predicted molar refractivity (Wildman–Crippen MR) is 70.7 cm³/mol. The largest absolute Gasteiger partial charge is 0.319 e. The van der Waals surface area contributed by atoms with Crippen LogP contribution in [0.15, 0.2) is 12.4 Å². The molecule has 1 aromatic heterocycles. The minimum Gasteiger partial charge on any atom is -0.314 e. The molecule has 1 fully saturated rings. The van der Waals surface area contributed by atoms with Crippen molar-refractivity contribution in [3.05, 3.63) is 18.2 Å². The first kappa shape index (κ1) is 17.6. The number of piperazine rings is 1. The van der Waals surface area contributed by atoms with Crippen LogP contribution in [0.3, 0.4) is 0 Å². The molecule has 0 saturated carbocycles. The summed E-state index contributed by atoms with van der Waals surface area (Å²) in [5.41, 5.74) is 0. The van der Waals surface area contributed by atoms with Gasteiger partial charge in [0.05, 0.1) is 6.54 Å². The molecule has 18 heavy (non-hydrogen) atoms. The van der Waals surface area contributed by atoms with Gasteiger partial charge in [-0.15, -0.1) is 24.8 Å². The molecular formula is C10H18Cl2F2N4. The van der Waals surface area contributed by atoms with Crippen molar-refractivity contribution in [1.82, 2.24) is 19.8 Å². The summed E-state index contributed by atoms with van der Waals surface area (Å²) in [5.74, 6) is 0.434. The summed E-state index contributed by atoms with van der Waals surface area (Å²) in [4.78, 5) is 6.15. The van der Waals surface area contributed by atoms with Crippen molar-refractivity contribution in [2.75, 3.05) is 19.6 Å². The fourth-order valence-corrected chi connectivity index (χ4v) is 1.94. The molecular weight excluding hydrogens is 285 g/mol. The van der Waals surface area contributed by atoms with Crippen LogP contribution in [0.5, 0.6) is 0 Å². The Hall–Kier alpha value is -0.430. The van der Waals surface area contributed by atoms with Crippen molar-refractivity contribution in [3.63, 3.8) is 0 Å². The van der Waals surface area contributed by atoms with E-state index < -0.39 is 6.55 Å². The lowest BCUT2D eigenvalue weighted by Crippen LogP contribution is -2.49. The zero-order valence-electron chi connectivity index (χ0n) is 10.1. The van der Waals surface area contributed by atoms with Crippen LogP contribution in [0.25, 0.3) is 0 Å². The van der Waals surface area contributed by atoms with Gasteiger partial charge in [0.25, 0.3) is 0 Å². The highest BCUT2D eigenvalue weighted by molar-refractivity contribution is 5.85. The number of nitrogens with one attached hydrogen (secondary N) is 1. The Morgan fingerprint density at radius 2 is 2.22 bits per heavy atom. The van der Waals surface area contributed by atoms with Gasteiger partial charge in [0.2, 0.25) is 0 Å². The first-order valence-corrected chi connectivity index (χ1v) is 5.43. The zero-order valence-corrected chi connectivity index (χ0v) is 11.7. The summed E-state index contributed by atoms with van der Waals surface area (Å²) < 4.78 is 26.1. The van der Waals surface area contributed by atoms with E-state index in [0.717, 1.165) is 24.2 Å². The number of rotatable bonds is 3. The van der Waals surface area contributed by atoms with E-state index in [2.05, 4.69) is 22.1 Å². The van der Waals surface area contributed by atoms with Gasteiger partial charge >= 0.3 is 6.55 Å². The zero-order chi connectivity index (χ0) is 11.5. The van der Waals surface area contributed by atoms with Crippen LogP contribution < -0.4 is 5.32 Å². The summed E-state index contributed by atoms with van der Waals surface area (Å²) in [6.07, 6.45) is 2.75. The Morgan fingerprint density at radius 3 is 2.83 bits per heavy atom. The van der Waals surface area contributed by atoms with Crippen LogP contribution >= 0.6 is 24.8 Å². The smallest absolute Gasteiger partial charge is 0.314 e. The Morgan fingerprint density at radius 1 is 1.50 bits per heavy atom. The number of hydrogen-bond donors (Lipinski definition) is 1. The number of aromatic nitrogens is 2. The summed E-state index contributed by atoms with van der Waals surface area (Å²) in [6, 6.07) is 0.358. The van der Waals surface area contributed by atoms with E-state index in [1.54, 1.807) is 0 Å². The van der Waals surface area contributed by atoms with Crippen LogP contribution in [-0.2, 0) is 6.54 Å². The molecule has 1 N–H and O–H groups in total. The third-order valence-corrected chi connectivity index (χ3v) is 2.94. The number of imidazole rings is 1. The molecule has 1 aromatic rings. The molecule has 8 heteroatoms. The normalized spacial score (nSPS) is 20.3. The van der Waals surface area contributed by atoms with E-state index in [1.165, 1.54) is 12.4 Å². The Kier molecular flexibility index (Phi) is 7.70. The first-order chi connectivity index (χ1) is 7.68. The number of hydrogen-bond acceptors (Lipinski definition) is 3. The van der Waals surface area contributed by atoms with Crippen molar-refractivity contribution in [2.45, 2.75) is 26.1 Å². The van der Waals surface area contributed by atoms with E-state index in [1.807, 2.05) is 0 Å². The highest BCUT2D eigenvalue weighted by atomic mass is 35.5. The van der Waals surface area contributed by atoms with Gasteiger partial charge in [0.15, 0.2) is 0 Å². The predicted octanol–water partition coefficient (Wildman–Crippen LogP) is 1.92. The SMILES string of the molecule is C[C@@H]1CNCCN1Cc1nccn1C(F)F.Cl.Cl. The minimum absolute atomic E-state index is 0. The van der Waals surface area contributed by atoms with Gasteiger partial charge in [-0.3, -0.25) is 9.47 Å². The van der Waals surface area contributed by atoms with E-state index >= 15 is 0 Å². The molecule has 1 aliphatic heterocycles. The van der Waals surface area contributed by atoms with Crippen molar-refractivity contribution in [1.29, 1.82) is 0 Å². The van der Waals surface area contributed by atoms with E-state index in [-0.39, 0.29) is 24.8 Å². The molecule has 4 nitrogen and oxygen atoms in total. The monoisotopic (exact) mass is 302 g/mol.